The largest absolute Gasteiger partial charge is 0.494 e. The molecule has 0 aliphatic rings. The van der Waals surface area contributed by atoms with Crippen LogP contribution >= 0.6 is 0 Å². The molecule has 3 rings (SSSR count). The summed E-state index contributed by atoms with van der Waals surface area (Å²) in [4.78, 5) is 22.9. The summed E-state index contributed by atoms with van der Waals surface area (Å²) in [5.41, 5.74) is 0.738. The number of benzene rings is 2. The van der Waals surface area contributed by atoms with Crippen LogP contribution in [-0.2, 0) is 11.2 Å². The molecule has 3 aromatic rings. The van der Waals surface area contributed by atoms with Crippen LogP contribution in [-0.4, -0.2) is 17.4 Å². The molecule has 0 fully saturated rings. The topological polar surface area (TPSA) is 94.6 Å². The molecule has 1 heterocycles. The Hall–Kier alpha value is -3.42. The van der Waals surface area contributed by atoms with E-state index in [2.05, 4.69) is 5.32 Å². The summed E-state index contributed by atoms with van der Waals surface area (Å²) in [6.45, 7) is 2.13. The molecule has 26 heavy (non-hydrogen) atoms. The lowest BCUT2D eigenvalue weighted by Gasteiger charge is -2.08. The lowest BCUT2D eigenvalue weighted by molar-refractivity contribution is -0.384. The zero-order chi connectivity index (χ0) is 18.7. The molecular weight excluding hydrogens is 343 g/mol. The molecule has 0 radical (unpaired) electrons. The molecule has 1 N–H and O–H groups in total. The summed E-state index contributed by atoms with van der Waals surface area (Å²) in [6, 6.07) is 8.22. The van der Waals surface area contributed by atoms with Crippen LogP contribution in [0.2, 0.25) is 0 Å². The third kappa shape index (κ3) is 3.64. The number of carbonyl (C=O) groups is 1. The van der Waals surface area contributed by atoms with Gasteiger partial charge in [0.2, 0.25) is 5.91 Å². The van der Waals surface area contributed by atoms with E-state index >= 15 is 0 Å². The average Bonchev–Trinajstić information content (AvgIpc) is 2.98. The van der Waals surface area contributed by atoms with Gasteiger partial charge in [-0.25, -0.2) is 4.39 Å². The maximum atomic E-state index is 13.4. The third-order valence-electron chi connectivity index (χ3n) is 3.72. The Balaban J connectivity index is 1.81. The number of amides is 1. The first kappa shape index (κ1) is 17.4. The van der Waals surface area contributed by atoms with E-state index in [4.69, 9.17) is 9.15 Å². The monoisotopic (exact) mass is 358 g/mol. The van der Waals surface area contributed by atoms with Crippen molar-refractivity contribution in [3.8, 4) is 5.75 Å². The van der Waals surface area contributed by atoms with Crippen LogP contribution in [0.3, 0.4) is 0 Å². The van der Waals surface area contributed by atoms with Crippen molar-refractivity contribution in [3.05, 3.63) is 64.2 Å². The van der Waals surface area contributed by atoms with Gasteiger partial charge in [0, 0.05) is 10.9 Å². The Morgan fingerprint density at radius 1 is 1.31 bits per heavy atom. The SMILES string of the molecule is CCOc1ccc(NC(=O)Cc2coc3ccc(F)cc23)c([N+](=O)[O-])c1. The molecule has 0 aliphatic carbocycles. The van der Waals surface area contributed by atoms with Gasteiger partial charge in [0.1, 0.15) is 22.8 Å². The van der Waals surface area contributed by atoms with E-state index in [1.807, 2.05) is 0 Å². The van der Waals surface area contributed by atoms with Crippen LogP contribution in [0.15, 0.2) is 47.1 Å². The Kier molecular flexibility index (Phi) is 4.83. The van der Waals surface area contributed by atoms with Crippen LogP contribution in [0.5, 0.6) is 5.75 Å². The number of anilines is 1. The summed E-state index contributed by atoms with van der Waals surface area (Å²) in [6.07, 6.45) is 1.26. The second kappa shape index (κ2) is 7.22. The molecule has 1 aromatic heterocycles. The second-order valence-electron chi connectivity index (χ2n) is 5.50. The van der Waals surface area contributed by atoms with E-state index in [-0.39, 0.29) is 17.8 Å². The quantitative estimate of drug-likeness (QED) is 0.530. The zero-order valence-electron chi connectivity index (χ0n) is 13.8. The molecule has 7 nitrogen and oxygen atoms in total. The van der Waals surface area contributed by atoms with E-state index in [0.717, 1.165) is 0 Å². The van der Waals surface area contributed by atoms with Crippen molar-refractivity contribution in [2.24, 2.45) is 0 Å². The third-order valence-corrected chi connectivity index (χ3v) is 3.72. The van der Waals surface area contributed by atoms with Crippen molar-refractivity contribution in [1.82, 2.24) is 0 Å². The van der Waals surface area contributed by atoms with Gasteiger partial charge in [0.25, 0.3) is 5.69 Å². The standard InChI is InChI=1S/C18H15FN2O5/c1-2-25-13-4-5-15(16(9-13)21(23)24)20-18(22)7-11-10-26-17-6-3-12(19)8-14(11)17/h3-6,8-10H,2,7H2,1H3,(H,20,22). The molecule has 0 saturated carbocycles. The number of ether oxygens (including phenoxy) is 1. The zero-order valence-corrected chi connectivity index (χ0v) is 13.8. The number of nitrogens with zero attached hydrogens (tertiary/aromatic N) is 1. The minimum absolute atomic E-state index is 0.0578. The smallest absolute Gasteiger partial charge is 0.296 e. The molecule has 0 spiro atoms. The van der Waals surface area contributed by atoms with Gasteiger partial charge in [0.15, 0.2) is 0 Å². The summed E-state index contributed by atoms with van der Waals surface area (Å²) in [7, 11) is 0. The average molecular weight is 358 g/mol. The lowest BCUT2D eigenvalue weighted by Crippen LogP contribution is -2.15. The Bertz CT molecular complexity index is 983. The number of carbonyl (C=O) groups excluding carboxylic acids is 1. The number of nitro benzene ring substituents is 1. The van der Waals surface area contributed by atoms with Crippen molar-refractivity contribution in [2.75, 3.05) is 11.9 Å². The highest BCUT2D eigenvalue weighted by Gasteiger charge is 2.18. The van der Waals surface area contributed by atoms with Crippen LogP contribution in [0, 0.1) is 15.9 Å². The first-order valence-corrected chi connectivity index (χ1v) is 7.84. The molecule has 134 valence electrons. The summed E-state index contributed by atoms with van der Waals surface area (Å²) in [5, 5.41) is 14.2. The number of rotatable bonds is 6. The minimum Gasteiger partial charge on any atom is -0.494 e. The predicted molar refractivity (Wildman–Crippen MR) is 92.8 cm³/mol. The van der Waals surface area contributed by atoms with Crippen molar-refractivity contribution < 1.29 is 23.3 Å². The van der Waals surface area contributed by atoms with E-state index in [9.17, 15) is 19.3 Å². The second-order valence-corrected chi connectivity index (χ2v) is 5.50. The van der Waals surface area contributed by atoms with Crippen molar-refractivity contribution in [1.29, 1.82) is 0 Å². The van der Waals surface area contributed by atoms with Gasteiger partial charge >= 0.3 is 0 Å². The number of nitrogens with one attached hydrogen (secondary N) is 1. The molecule has 0 saturated heterocycles. The summed E-state index contributed by atoms with van der Waals surface area (Å²) >= 11 is 0. The van der Waals surface area contributed by atoms with E-state index in [0.29, 0.717) is 28.9 Å². The van der Waals surface area contributed by atoms with E-state index in [1.165, 1.54) is 42.7 Å². The molecule has 1 amide bonds. The Morgan fingerprint density at radius 3 is 2.85 bits per heavy atom. The molecule has 2 aromatic carbocycles. The maximum absolute atomic E-state index is 13.4. The van der Waals surface area contributed by atoms with Crippen molar-refractivity contribution in [2.45, 2.75) is 13.3 Å². The number of hydrogen-bond acceptors (Lipinski definition) is 5. The number of fused-ring (bicyclic) bond motifs is 1. The number of hydrogen-bond donors (Lipinski definition) is 1. The highest BCUT2D eigenvalue weighted by molar-refractivity contribution is 5.97. The van der Waals surface area contributed by atoms with E-state index < -0.39 is 16.6 Å². The summed E-state index contributed by atoms with van der Waals surface area (Å²) in [5.74, 6) is -0.583. The lowest BCUT2D eigenvalue weighted by atomic mass is 10.1. The van der Waals surface area contributed by atoms with Crippen LogP contribution in [0.25, 0.3) is 11.0 Å². The Labute approximate surface area is 147 Å². The first-order valence-electron chi connectivity index (χ1n) is 7.84. The fourth-order valence-electron chi connectivity index (χ4n) is 2.58. The van der Waals surface area contributed by atoms with Gasteiger partial charge in [-0.15, -0.1) is 0 Å². The van der Waals surface area contributed by atoms with Gasteiger partial charge in [0.05, 0.1) is 30.3 Å². The molecule has 0 atom stereocenters. The normalized spacial score (nSPS) is 10.7. The molecule has 0 bridgehead atoms. The van der Waals surface area contributed by atoms with Crippen LogP contribution in [0.1, 0.15) is 12.5 Å². The molecule has 8 heteroatoms. The predicted octanol–water partition coefficient (Wildman–Crippen LogP) is 4.06. The van der Waals surface area contributed by atoms with Crippen LogP contribution < -0.4 is 10.1 Å². The fraction of sp³-hybridized carbons (Fsp3) is 0.167. The number of nitro groups is 1. The summed E-state index contributed by atoms with van der Waals surface area (Å²) < 4.78 is 23.9. The highest BCUT2D eigenvalue weighted by Crippen LogP contribution is 2.29. The van der Waals surface area contributed by atoms with Crippen molar-refractivity contribution >= 4 is 28.3 Å². The Morgan fingerprint density at radius 2 is 2.12 bits per heavy atom. The van der Waals surface area contributed by atoms with Gasteiger partial charge in [-0.2, -0.15) is 0 Å². The molecule has 0 unspecified atom stereocenters. The van der Waals surface area contributed by atoms with Gasteiger partial charge in [-0.1, -0.05) is 0 Å². The highest BCUT2D eigenvalue weighted by atomic mass is 19.1. The first-order chi connectivity index (χ1) is 12.5. The molecular formula is C18H15FN2O5. The number of furan rings is 1. The fourth-order valence-corrected chi connectivity index (χ4v) is 2.58. The van der Waals surface area contributed by atoms with Gasteiger partial charge < -0.3 is 14.5 Å². The van der Waals surface area contributed by atoms with Crippen molar-refractivity contribution in [3.63, 3.8) is 0 Å². The maximum Gasteiger partial charge on any atom is 0.296 e. The van der Waals surface area contributed by atoms with Gasteiger partial charge in [-0.05, 0) is 37.3 Å². The number of halogens is 1. The van der Waals surface area contributed by atoms with E-state index in [1.54, 1.807) is 6.92 Å². The minimum atomic E-state index is -0.596. The van der Waals surface area contributed by atoms with Gasteiger partial charge in [-0.3, -0.25) is 14.9 Å². The van der Waals surface area contributed by atoms with Crippen LogP contribution in [0.4, 0.5) is 15.8 Å². The molecule has 0 aliphatic heterocycles.